The molecule has 0 bridgehead atoms. The maximum Gasteiger partial charge on any atom is 0.435 e. The summed E-state index contributed by atoms with van der Waals surface area (Å²) in [4.78, 5) is 13.3. The smallest absolute Gasteiger partial charge is 0.321 e. The number of nitrogens with one attached hydrogen (secondary N) is 1. The van der Waals surface area contributed by atoms with E-state index < -0.39 is 17.8 Å². The number of hydrogen-bond acceptors (Lipinski definition) is 4. The van der Waals surface area contributed by atoms with Crippen LogP contribution < -0.4 is 5.32 Å². The molecule has 1 N–H and O–H groups in total. The van der Waals surface area contributed by atoms with Crippen LogP contribution in [0, 0.1) is 0 Å². The number of aromatic nitrogens is 4. The molecule has 0 fully saturated rings. The van der Waals surface area contributed by atoms with Crippen LogP contribution in [-0.2, 0) is 12.7 Å². The van der Waals surface area contributed by atoms with Crippen LogP contribution in [0.4, 0.5) is 18.9 Å². The lowest BCUT2D eigenvalue weighted by Crippen LogP contribution is -2.11. The summed E-state index contributed by atoms with van der Waals surface area (Å²) in [5.41, 5.74) is 0.830. The molecule has 0 spiro atoms. The maximum atomic E-state index is 13.6. The van der Waals surface area contributed by atoms with Crippen LogP contribution in [0.1, 0.15) is 20.9 Å². The topological polar surface area (TPSA) is 64.7 Å². The number of rotatable bonds is 5. The third-order valence-electron chi connectivity index (χ3n) is 4.98. The summed E-state index contributed by atoms with van der Waals surface area (Å²) in [5.74, 6) is -0.506. The Morgan fingerprint density at radius 2 is 1.88 bits per heavy atom. The first kappa shape index (κ1) is 22.2. The van der Waals surface area contributed by atoms with E-state index in [1.807, 2.05) is 6.07 Å². The first-order valence-corrected chi connectivity index (χ1v) is 11.2. The van der Waals surface area contributed by atoms with Gasteiger partial charge in [0.2, 0.25) is 0 Å². The van der Waals surface area contributed by atoms with Gasteiger partial charge in [0.15, 0.2) is 5.69 Å². The van der Waals surface area contributed by atoms with Gasteiger partial charge in [0.1, 0.15) is 4.83 Å². The van der Waals surface area contributed by atoms with Crippen molar-refractivity contribution in [3.05, 3.63) is 94.2 Å². The van der Waals surface area contributed by atoms with E-state index in [9.17, 15) is 18.0 Å². The van der Waals surface area contributed by atoms with Crippen molar-refractivity contribution in [3.63, 3.8) is 0 Å². The standard InChI is InChI=1S/C23H15ClF3N5OS/c24-15-11-28-31(13-15)12-14-5-4-6-16(9-14)29-21(33)19-10-18-20(23(25,26)27)30-32(22(18)34-19)17-7-2-1-3-8-17/h1-11,13H,12H2,(H,29,33). The number of thiophene rings is 1. The average molecular weight is 502 g/mol. The Kier molecular flexibility index (Phi) is 5.62. The zero-order chi connectivity index (χ0) is 23.9. The fourth-order valence-electron chi connectivity index (χ4n) is 3.53. The summed E-state index contributed by atoms with van der Waals surface area (Å²) in [6.45, 7) is 0.446. The first-order valence-electron chi connectivity index (χ1n) is 10.0. The lowest BCUT2D eigenvalue weighted by Gasteiger charge is -2.07. The van der Waals surface area contributed by atoms with E-state index in [1.54, 1.807) is 59.4 Å². The van der Waals surface area contributed by atoms with Gasteiger partial charge in [0.05, 0.1) is 28.3 Å². The van der Waals surface area contributed by atoms with Crippen molar-refractivity contribution in [2.75, 3.05) is 5.32 Å². The maximum absolute atomic E-state index is 13.6. The van der Waals surface area contributed by atoms with Crippen molar-refractivity contribution >= 4 is 44.7 Å². The second-order valence-electron chi connectivity index (χ2n) is 7.43. The van der Waals surface area contributed by atoms with Crippen LogP contribution in [0.5, 0.6) is 0 Å². The second-order valence-corrected chi connectivity index (χ2v) is 8.90. The molecule has 6 nitrogen and oxygen atoms in total. The molecular weight excluding hydrogens is 487 g/mol. The van der Waals surface area contributed by atoms with E-state index in [0.29, 0.717) is 22.9 Å². The van der Waals surface area contributed by atoms with E-state index in [0.717, 1.165) is 16.9 Å². The number of amides is 1. The fourth-order valence-corrected chi connectivity index (χ4v) is 4.71. The number of nitrogens with zero attached hydrogens (tertiary/aromatic N) is 4. The van der Waals surface area contributed by atoms with Gasteiger partial charge in [-0.2, -0.15) is 23.4 Å². The van der Waals surface area contributed by atoms with Crippen molar-refractivity contribution in [1.82, 2.24) is 19.6 Å². The molecular formula is C23H15ClF3N5OS. The van der Waals surface area contributed by atoms with Gasteiger partial charge in [-0.25, -0.2) is 4.68 Å². The summed E-state index contributed by atoms with van der Waals surface area (Å²) in [6, 6.07) is 16.9. The molecule has 0 atom stereocenters. The molecule has 0 aliphatic carbocycles. The second kappa shape index (κ2) is 8.62. The van der Waals surface area contributed by atoms with Crippen molar-refractivity contribution < 1.29 is 18.0 Å². The largest absolute Gasteiger partial charge is 0.435 e. The number of fused-ring (bicyclic) bond motifs is 1. The van der Waals surface area contributed by atoms with E-state index in [-0.39, 0.29) is 15.1 Å². The minimum atomic E-state index is -4.66. The molecule has 34 heavy (non-hydrogen) atoms. The predicted octanol–water partition coefficient (Wildman–Crippen LogP) is 6.26. The number of carbonyl (C=O) groups excluding carboxylic acids is 1. The Morgan fingerprint density at radius 3 is 2.59 bits per heavy atom. The van der Waals surface area contributed by atoms with Gasteiger partial charge in [-0.3, -0.25) is 9.48 Å². The first-order chi connectivity index (χ1) is 16.3. The number of anilines is 1. The Morgan fingerprint density at radius 1 is 1.09 bits per heavy atom. The number of alkyl halides is 3. The zero-order valence-electron chi connectivity index (χ0n) is 17.3. The van der Waals surface area contributed by atoms with Gasteiger partial charge < -0.3 is 5.32 Å². The average Bonchev–Trinajstić information content (AvgIpc) is 3.49. The lowest BCUT2D eigenvalue weighted by molar-refractivity contribution is -0.140. The van der Waals surface area contributed by atoms with Gasteiger partial charge in [0, 0.05) is 17.3 Å². The van der Waals surface area contributed by atoms with E-state index in [1.165, 1.54) is 16.9 Å². The van der Waals surface area contributed by atoms with Gasteiger partial charge in [-0.05, 0) is 35.9 Å². The summed E-state index contributed by atoms with van der Waals surface area (Å²) in [5, 5.41) is 11.1. The summed E-state index contributed by atoms with van der Waals surface area (Å²) in [7, 11) is 0. The van der Waals surface area contributed by atoms with Crippen LogP contribution in [0.3, 0.4) is 0 Å². The molecule has 0 radical (unpaired) electrons. The highest BCUT2D eigenvalue weighted by atomic mass is 35.5. The van der Waals surface area contributed by atoms with Crippen molar-refractivity contribution in [2.24, 2.45) is 0 Å². The van der Waals surface area contributed by atoms with E-state index >= 15 is 0 Å². The number of para-hydroxylation sites is 1. The third kappa shape index (κ3) is 4.42. The van der Waals surface area contributed by atoms with Crippen LogP contribution in [0.2, 0.25) is 5.02 Å². The Balaban J connectivity index is 1.45. The number of hydrogen-bond donors (Lipinski definition) is 1. The van der Waals surface area contributed by atoms with Gasteiger partial charge in [0.25, 0.3) is 5.91 Å². The highest BCUT2D eigenvalue weighted by molar-refractivity contribution is 7.20. The van der Waals surface area contributed by atoms with Crippen LogP contribution in [-0.4, -0.2) is 25.5 Å². The van der Waals surface area contributed by atoms with Crippen molar-refractivity contribution in [2.45, 2.75) is 12.7 Å². The number of carbonyl (C=O) groups is 1. The minimum absolute atomic E-state index is 0.115. The zero-order valence-corrected chi connectivity index (χ0v) is 18.8. The van der Waals surface area contributed by atoms with Crippen LogP contribution in [0.15, 0.2) is 73.1 Å². The third-order valence-corrected chi connectivity index (χ3v) is 6.29. The van der Waals surface area contributed by atoms with Crippen molar-refractivity contribution in [1.29, 1.82) is 0 Å². The highest BCUT2D eigenvalue weighted by Gasteiger charge is 2.38. The van der Waals surface area contributed by atoms with E-state index in [2.05, 4.69) is 15.5 Å². The molecule has 0 saturated carbocycles. The van der Waals surface area contributed by atoms with Gasteiger partial charge in [-0.15, -0.1) is 11.3 Å². The molecule has 2 aromatic carbocycles. The molecule has 3 aromatic heterocycles. The van der Waals surface area contributed by atoms with E-state index in [4.69, 9.17) is 11.6 Å². The quantitative estimate of drug-likeness (QED) is 0.309. The van der Waals surface area contributed by atoms with Gasteiger partial charge >= 0.3 is 6.18 Å². The van der Waals surface area contributed by atoms with Crippen molar-refractivity contribution in [3.8, 4) is 5.69 Å². The lowest BCUT2D eigenvalue weighted by atomic mass is 10.2. The Hall–Kier alpha value is -3.63. The Bertz CT molecular complexity index is 1490. The number of halogens is 4. The molecule has 1 amide bonds. The fraction of sp³-hybridized carbons (Fsp3) is 0.0870. The molecule has 5 rings (SSSR count). The molecule has 11 heteroatoms. The highest BCUT2D eigenvalue weighted by Crippen LogP contribution is 2.39. The SMILES string of the molecule is O=C(Nc1cccc(Cn2cc(Cl)cn2)c1)c1cc2c(C(F)(F)F)nn(-c3ccccc3)c2s1. The van der Waals surface area contributed by atoms with Crippen LogP contribution in [0.25, 0.3) is 15.9 Å². The van der Waals surface area contributed by atoms with Gasteiger partial charge in [-0.1, -0.05) is 41.9 Å². The minimum Gasteiger partial charge on any atom is -0.321 e. The summed E-state index contributed by atoms with van der Waals surface area (Å²) in [6.07, 6.45) is -1.45. The molecule has 0 aliphatic heterocycles. The normalized spacial score (nSPS) is 11.8. The molecule has 5 aromatic rings. The molecule has 3 heterocycles. The van der Waals surface area contributed by atoms with Crippen LogP contribution >= 0.6 is 22.9 Å². The summed E-state index contributed by atoms with van der Waals surface area (Å²) < 4.78 is 43.8. The number of benzene rings is 2. The Labute approximate surface area is 200 Å². The molecule has 0 unspecified atom stereocenters. The summed E-state index contributed by atoms with van der Waals surface area (Å²) >= 11 is 6.84. The molecule has 172 valence electrons. The molecule has 0 saturated heterocycles. The predicted molar refractivity (Wildman–Crippen MR) is 125 cm³/mol. The molecule has 0 aliphatic rings. The monoisotopic (exact) mass is 501 g/mol.